The minimum absolute atomic E-state index is 0.127. The fraction of sp³-hybridized carbons (Fsp3) is 0.200. The molecule has 2 aromatic carbocycles. The maximum atomic E-state index is 13.2. The molecule has 0 atom stereocenters. The highest BCUT2D eigenvalue weighted by Crippen LogP contribution is 2.29. The first kappa shape index (κ1) is 15.3. The number of aliphatic hydroxyl groups excluding tert-OH is 1. The third-order valence-electron chi connectivity index (χ3n) is 2.77. The van der Waals surface area contributed by atoms with E-state index in [4.69, 9.17) is 9.84 Å². The average Bonchev–Trinajstić information content (AvgIpc) is 2.44. The average molecular weight is 300 g/mol. The number of hydrogen-bond acceptors (Lipinski definition) is 2. The van der Waals surface area contributed by atoms with Crippen molar-refractivity contribution in [2.24, 2.45) is 0 Å². The largest absolute Gasteiger partial charge is 0.489 e. The summed E-state index contributed by atoms with van der Waals surface area (Å²) in [7, 11) is 0. The zero-order valence-electron chi connectivity index (χ0n) is 10.8. The number of benzene rings is 2. The lowest BCUT2D eigenvalue weighted by Crippen LogP contribution is -2.06. The third-order valence-corrected chi connectivity index (χ3v) is 2.77. The van der Waals surface area contributed by atoms with Crippen LogP contribution in [0.3, 0.4) is 0 Å². The van der Waals surface area contributed by atoms with Gasteiger partial charge in [-0.25, -0.2) is 4.39 Å². The van der Waals surface area contributed by atoms with Crippen LogP contribution in [0.15, 0.2) is 42.5 Å². The third kappa shape index (κ3) is 4.19. The monoisotopic (exact) mass is 300 g/mol. The summed E-state index contributed by atoms with van der Waals surface area (Å²) < 4.78 is 56.2. The van der Waals surface area contributed by atoms with Gasteiger partial charge >= 0.3 is 6.18 Å². The Bertz CT molecular complexity index is 623. The SMILES string of the molecule is OCc1cc(F)cc(OCc2cccc(C(F)(F)F)c2)c1. The Morgan fingerprint density at radius 3 is 2.43 bits per heavy atom. The summed E-state index contributed by atoms with van der Waals surface area (Å²) in [5, 5.41) is 8.95. The molecule has 2 aromatic rings. The second-order valence-electron chi connectivity index (χ2n) is 4.44. The van der Waals surface area contributed by atoms with Gasteiger partial charge in [0.2, 0.25) is 0 Å². The number of aliphatic hydroxyl groups is 1. The predicted molar refractivity (Wildman–Crippen MR) is 68.1 cm³/mol. The van der Waals surface area contributed by atoms with Crippen LogP contribution >= 0.6 is 0 Å². The van der Waals surface area contributed by atoms with E-state index in [1.54, 1.807) is 0 Å². The van der Waals surface area contributed by atoms with Crippen molar-refractivity contribution in [1.29, 1.82) is 0 Å². The first-order chi connectivity index (χ1) is 9.88. The van der Waals surface area contributed by atoms with Crippen molar-refractivity contribution < 1.29 is 27.4 Å². The Balaban J connectivity index is 2.11. The van der Waals surface area contributed by atoms with Crippen molar-refractivity contribution in [1.82, 2.24) is 0 Å². The fourth-order valence-corrected chi connectivity index (χ4v) is 1.80. The summed E-state index contributed by atoms with van der Waals surface area (Å²) >= 11 is 0. The molecule has 112 valence electrons. The molecule has 0 amide bonds. The van der Waals surface area contributed by atoms with Gasteiger partial charge in [0.25, 0.3) is 0 Å². The lowest BCUT2D eigenvalue weighted by Gasteiger charge is -2.10. The van der Waals surface area contributed by atoms with Crippen molar-refractivity contribution in [2.45, 2.75) is 19.4 Å². The Hall–Kier alpha value is -2.08. The van der Waals surface area contributed by atoms with Crippen LogP contribution in [0.1, 0.15) is 16.7 Å². The molecule has 0 aliphatic carbocycles. The van der Waals surface area contributed by atoms with Crippen LogP contribution in [0.25, 0.3) is 0 Å². The van der Waals surface area contributed by atoms with Gasteiger partial charge in [0.15, 0.2) is 0 Å². The van der Waals surface area contributed by atoms with E-state index in [1.165, 1.54) is 18.2 Å². The molecule has 21 heavy (non-hydrogen) atoms. The highest BCUT2D eigenvalue weighted by atomic mass is 19.4. The summed E-state index contributed by atoms with van der Waals surface area (Å²) in [5.41, 5.74) is -0.118. The molecule has 0 fully saturated rings. The van der Waals surface area contributed by atoms with Crippen molar-refractivity contribution >= 4 is 0 Å². The highest BCUT2D eigenvalue weighted by Gasteiger charge is 2.30. The van der Waals surface area contributed by atoms with E-state index in [-0.39, 0.29) is 19.0 Å². The van der Waals surface area contributed by atoms with Gasteiger partial charge in [-0.05, 0) is 35.4 Å². The van der Waals surface area contributed by atoms with Gasteiger partial charge in [-0.3, -0.25) is 0 Å². The molecule has 0 aromatic heterocycles. The van der Waals surface area contributed by atoms with Gasteiger partial charge in [-0.1, -0.05) is 12.1 Å². The summed E-state index contributed by atoms with van der Waals surface area (Å²) in [5.74, 6) is -0.433. The second kappa shape index (κ2) is 6.13. The van der Waals surface area contributed by atoms with Gasteiger partial charge in [0.1, 0.15) is 18.2 Å². The van der Waals surface area contributed by atoms with Gasteiger partial charge in [-0.15, -0.1) is 0 Å². The van der Waals surface area contributed by atoms with Crippen molar-refractivity contribution in [3.63, 3.8) is 0 Å². The van der Waals surface area contributed by atoms with E-state index in [0.29, 0.717) is 11.1 Å². The Morgan fingerprint density at radius 2 is 1.76 bits per heavy atom. The van der Waals surface area contributed by atoms with Crippen molar-refractivity contribution in [3.8, 4) is 5.75 Å². The molecule has 2 nitrogen and oxygen atoms in total. The smallest absolute Gasteiger partial charge is 0.416 e. The quantitative estimate of drug-likeness (QED) is 0.867. The molecule has 0 saturated carbocycles. The summed E-state index contributed by atoms with van der Waals surface area (Å²) in [6.07, 6.45) is -4.42. The maximum Gasteiger partial charge on any atom is 0.416 e. The molecular formula is C15H12F4O2. The molecule has 0 radical (unpaired) electrons. The van der Waals surface area contributed by atoms with Gasteiger partial charge in [0.05, 0.1) is 12.2 Å². The van der Waals surface area contributed by atoms with E-state index in [9.17, 15) is 17.6 Å². The first-order valence-electron chi connectivity index (χ1n) is 6.08. The van der Waals surface area contributed by atoms with Crippen LogP contribution in [-0.2, 0) is 19.4 Å². The zero-order valence-corrected chi connectivity index (χ0v) is 10.8. The molecule has 0 bridgehead atoms. The topological polar surface area (TPSA) is 29.5 Å². The molecular weight excluding hydrogens is 288 g/mol. The normalized spacial score (nSPS) is 11.5. The Kier molecular flexibility index (Phi) is 4.47. The molecule has 2 rings (SSSR count). The molecule has 0 unspecified atom stereocenters. The standard InChI is InChI=1S/C15H12F4O2/c16-13-5-11(8-20)6-14(7-13)21-9-10-2-1-3-12(4-10)15(17,18)19/h1-7,20H,8-9H2. The summed E-state index contributed by atoms with van der Waals surface area (Å²) in [6.45, 7) is -0.476. The van der Waals surface area contributed by atoms with Crippen LogP contribution in [-0.4, -0.2) is 5.11 Å². The Morgan fingerprint density at radius 1 is 1.00 bits per heavy atom. The van der Waals surface area contributed by atoms with Crippen molar-refractivity contribution in [3.05, 3.63) is 65.0 Å². The molecule has 1 N–H and O–H groups in total. The van der Waals surface area contributed by atoms with Crippen molar-refractivity contribution in [2.75, 3.05) is 0 Å². The van der Waals surface area contributed by atoms with Crippen LogP contribution in [0.5, 0.6) is 5.75 Å². The van der Waals surface area contributed by atoms with E-state index >= 15 is 0 Å². The number of hydrogen-bond donors (Lipinski definition) is 1. The lowest BCUT2D eigenvalue weighted by atomic mass is 10.1. The number of halogens is 4. The first-order valence-corrected chi connectivity index (χ1v) is 6.08. The second-order valence-corrected chi connectivity index (χ2v) is 4.44. The van der Waals surface area contributed by atoms with E-state index in [0.717, 1.165) is 24.3 Å². The van der Waals surface area contributed by atoms with Gasteiger partial charge in [0, 0.05) is 6.07 Å². The van der Waals surface area contributed by atoms with Crippen LogP contribution in [0.4, 0.5) is 17.6 Å². The summed E-state index contributed by atoms with van der Waals surface area (Å²) in [4.78, 5) is 0. The lowest BCUT2D eigenvalue weighted by molar-refractivity contribution is -0.137. The number of rotatable bonds is 4. The predicted octanol–water partition coefficient (Wildman–Crippen LogP) is 3.92. The van der Waals surface area contributed by atoms with E-state index in [2.05, 4.69) is 0 Å². The molecule has 0 aliphatic rings. The van der Waals surface area contributed by atoms with Crippen LogP contribution < -0.4 is 4.74 Å². The molecule has 0 spiro atoms. The minimum Gasteiger partial charge on any atom is -0.489 e. The highest BCUT2D eigenvalue weighted by molar-refractivity contribution is 5.30. The molecule has 0 saturated heterocycles. The molecule has 0 heterocycles. The Labute approximate surface area is 118 Å². The van der Waals surface area contributed by atoms with Crippen LogP contribution in [0.2, 0.25) is 0 Å². The molecule has 0 aliphatic heterocycles. The van der Waals surface area contributed by atoms with Gasteiger partial charge in [-0.2, -0.15) is 13.2 Å². The van der Waals surface area contributed by atoms with E-state index < -0.39 is 17.6 Å². The fourth-order valence-electron chi connectivity index (χ4n) is 1.80. The zero-order chi connectivity index (χ0) is 15.5. The molecule has 6 heteroatoms. The van der Waals surface area contributed by atoms with E-state index in [1.807, 2.05) is 0 Å². The maximum absolute atomic E-state index is 13.2. The van der Waals surface area contributed by atoms with Crippen LogP contribution in [0, 0.1) is 5.82 Å². The van der Waals surface area contributed by atoms with Gasteiger partial charge < -0.3 is 9.84 Å². The number of ether oxygens (including phenoxy) is 1. The summed E-state index contributed by atoms with van der Waals surface area (Å²) in [6, 6.07) is 8.40. The minimum atomic E-state index is -4.42. The number of alkyl halides is 3.